The molecule has 0 aliphatic rings. The van der Waals surface area contributed by atoms with Gasteiger partial charge in [0, 0.05) is 0 Å². The summed E-state index contributed by atoms with van der Waals surface area (Å²) in [5.74, 6) is 0.525. The lowest BCUT2D eigenvalue weighted by molar-refractivity contribution is 0.355. The molecule has 4 nitrogen and oxygen atoms in total. The first-order valence-electron chi connectivity index (χ1n) is 6.48. The average Bonchev–Trinajstić information content (AvgIpc) is 2.46. The van der Waals surface area contributed by atoms with Crippen LogP contribution in [0, 0.1) is 11.8 Å². The van der Waals surface area contributed by atoms with E-state index in [-0.39, 0.29) is 12.0 Å². The van der Waals surface area contributed by atoms with Crippen LogP contribution in [-0.4, -0.2) is 18.2 Å². The third-order valence-electron chi connectivity index (χ3n) is 3.55. The van der Waals surface area contributed by atoms with E-state index in [1.807, 2.05) is 19.1 Å². The molecule has 1 unspecified atom stereocenters. The van der Waals surface area contributed by atoms with Gasteiger partial charge in [-0.2, -0.15) is 9.98 Å². The fourth-order valence-electron chi connectivity index (χ4n) is 2.10. The van der Waals surface area contributed by atoms with Crippen molar-refractivity contribution in [3.05, 3.63) is 42.5 Å². The highest BCUT2D eigenvalue weighted by Crippen LogP contribution is 2.23. The number of rotatable bonds is 7. The summed E-state index contributed by atoms with van der Waals surface area (Å²) in [5.41, 5.74) is 1.74. The van der Waals surface area contributed by atoms with Gasteiger partial charge in [0.1, 0.15) is 0 Å². The van der Waals surface area contributed by atoms with Crippen molar-refractivity contribution in [2.24, 2.45) is 21.8 Å². The SMILES string of the molecule is C=CC(N=C=O)[C@H](C)[C@H](C)Cc1ccc(N=C=O)cc1. The van der Waals surface area contributed by atoms with Gasteiger partial charge in [-0.3, -0.25) is 0 Å². The minimum atomic E-state index is -0.207. The molecule has 1 rings (SSSR count). The molecule has 0 amide bonds. The summed E-state index contributed by atoms with van der Waals surface area (Å²) in [6.45, 7) is 7.86. The van der Waals surface area contributed by atoms with Crippen molar-refractivity contribution < 1.29 is 9.59 Å². The van der Waals surface area contributed by atoms with Gasteiger partial charge in [0.15, 0.2) is 0 Å². The molecular weight excluding hydrogens is 252 g/mol. The Balaban J connectivity index is 2.73. The zero-order valence-corrected chi connectivity index (χ0v) is 11.7. The first-order valence-corrected chi connectivity index (χ1v) is 6.48. The van der Waals surface area contributed by atoms with Crippen LogP contribution in [0.4, 0.5) is 5.69 Å². The quantitative estimate of drug-likeness (QED) is 0.433. The van der Waals surface area contributed by atoms with Crippen LogP contribution in [0.1, 0.15) is 19.4 Å². The van der Waals surface area contributed by atoms with Crippen molar-refractivity contribution in [3.63, 3.8) is 0 Å². The van der Waals surface area contributed by atoms with Crippen molar-refractivity contribution in [2.45, 2.75) is 26.3 Å². The molecule has 104 valence electrons. The van der Waals surface area contributed by atoms with E-state index < -0.39 is 0 Å². The number of hydrogen-bond donors (Lipinski definition) is 0. The van der Waals surface area contributed by atoms with Crippen LogP contribution in [0.5, 0.6) is 0 Å². The molecule has 0 fully saturated rings. The third kappa shape index (κ3) is 4.43. The van der Waals surface area contributed by atoms with Crippen molar-refractivity contribution in [2.75, 3.05) is 0 Å². The van der Waals surface area contributed by atoms with Gasteiger partial charge < -0.3 is 0 Å². The van der Waals surface area contributed by atoms with Gasteiger partial charge in [0.25, 0.3) is 0 Å². The monoisotopic (exact) mass is 270 g/mol. The maximum Gasteiger partial charge on any atom is 0.240 e. The van der Waals surface area contributed by atoms with Crippen LogP contribution < -0.4 is 0 Å². The number of nitrogens with zero attached hydrogens (tertiary/aromatic N) is 2. The first kappa shape index (κ1) is 15.8. The fourth-order valence-corrected chi connectivity index (χ4v) is 2.10. The second-order valence-electron chi connectivity index (χ2n) is 4.86. The number of hydrogen-bond acceptors (Lipinski definition) is 4. The molecule has 0 spiro atoms. The van der Waals surface area contributed by atoms with Gasteiger partial charge in [-0.15, -0.1) is 6.58 Å². The van der Waals surface area contributed by atoms with E-state index in [2.05, 4.69) is 23.5 Å². The van der Waals surface area contributed by atoms with Gasteiger partial charge in [-0.1, -0.05) is 32.1 Å². The average molecular weight is 270 g/mol. The molecule has 0 saturated carbocycles. The van der Waals surface area contributed by atoms with E-state index in [1.165, 1.54) is 6.08 Å². The van der Waals surface area contributed by atoms with Crippen LogP contribution in [0.2, 0.25) is 0 Å². The highest BCUT2D eigenvalue weighted by Gasteiger charge is 2.20. The molecule has 0 saturated heterocycles. The summed E-state index contributed by atoms with van der Waals surface area (Å²) in [6, 6.07) is 7.23. The Labute approximate surface area is 119 Å². The molecule has 0 aliphatic carbocycles. The van der Waals surface area contributed by atoms with E-state index in [9.17, 15) is 9.59 Å². The Morgan fingerprint density at radius 3 is 2.35 bits per heavy atom. The molecule has 20 heavy (non-hydrogen) atoms. The third-order valence-corrected chi connectivity index (χ3v) is 3.55. The second kappa shape index (κ2) is 8.00. The van der Waals surface area contributed by atoms with Gasteiger partial charge in [0.05, 0.1) is 11.7 Å². The van der Waals surface area contributed by atoms with Gasteiger partial charge in [-0.05, 0) is 36.0 Å². The summed E-state index contributed by atoms with van der Waals surface area (Å²) in [5, 5.41) is 0. The molecule has 1 aromatic carbocycles. The number of aliphatic imine (C=N–C) groups is 2. The topological polar surface area (TPSA) is 58.9 Å². The Hall–Kier alpha value is -2.28. The summed E-state index contributed by atoms with van der Waals surface area (Å²) < 4.78 is 0. The molecule has 0 heterocycles. The van der Waals surface area contributed by atoms with Gasteiger partial charge >= 0.3 is 0 Å². The Morgan fingerprint density at radius 2 is 1.85 bits per heavy atom. The lowest BCUT2D eigenvalue weighted by Gasteiger charge is -2.23. The van der Waals surface area contributed by atoms with Gasteiger partial charge in [-0.25, -0.2) is 9.59 Å². The molecule has 4 heteroatoms. The molecule has 0 bridgehead atoms. The van der Waals surface area contributed by atoms with Crippen LogP contribution in [-0.2, 0) is 16.0 Å². The maximum absolute atomic E-state index is 10.4. The standard InChI is InChI=1S/C16H18N2O2/c1-4-16(18-11-20)13(3)12(2)9-14-5-7-15(8-6-14)17-10-19/h4-8,12-13,16H,1,9H2,2-3H3/t12-,13-,16?/m1/s1. The zero-order valence-electron chi connectivity index (χ0n) is 11.7. The second-order valence-corrected chi connectivity index (χ2v) is 4.86. The van der Waals surface area contributed by atoms with Crippen LogP contribution in [0.3, 0.4) is 0 Å². The number of isocyanates is 2. The summed E-state index contributed by atoms with van der Waals surface area (Å²) in [7, 11) is 0. The normalized spacial score (nSPS) is 14.3. The lowest BCUT2D eigenvalue weighted by atomic mass is 9.85. The van der Waals surface area contributed by atoms with Crippen molar-refractivity contribution in [1.82, 2.24) is 0 Å². The molecule has 0 radical (unpaired) electrons. The molecule has 0 aromatic heterocycles. The Morgan fingerprint density at radius 1 is 1.20 bits per heavy atom. The molecule has 1 aromatic rings. The predicted octanol–water partition coefficient (Wildman–Crippen LogP) is 3.36. The molecular formula is C16H18N2O2. The number of benzene rings is 1. The molecule has 0 N–H and O–H groups in total. The van der Waals surface area contributed by atoms with E-state index in [1.54, 1.807) is 24.3 Å². The van der Waals surface area contributed by atoms with E-state index >= 15 is 0 Å². The van der Waals surface area contributed by atoms with Crippen molar-refractivity contribution in [3.8, 4) is 0 Å². The summed E-state index contributed by atoms with van der Waals surface area (Å²) in [6.07, 6.45) is 5.64. The minimum Gasteiger partial charge on any atom is -0.211 e. The van der Waals surface area contributed by atoms with Crippen LogP contribution in [0.15, 0.2) is 46.9 Å². The van der Waals surface area contributed by atoms with Crippen molar-refractivity contribution >= 4 is 17.8 Å². The van der Waals surface area contributed by atoms with E-state index in [4.69, 9.17) is 0 Å². The largest absolute Gasteiger partial charge is 0.240 e. The minimum absolute atomic E-state index is 0.196. The van der Waals surface area contributed by atoms with Crippen molar-refractivity contribution in [1.29, 1.82) is 0 Å². The molecule has 0 aliphatic heterocycles. The Kier molecular flexibility index (Phi) is 6.31. The van der Waals surface area contributed by atoms with Gasteiger partial charge in [0.2, 0.25) is 12.2 Å². The number of carbonyl (C=O) groups excluding carboxylic acids is 2. The van der Waals surface area contributed by atoms with Crippen LogP contribution >= 0.6 is 0 Å². The van der Waals surface area contributed by atoms with Crippen LogP contribution in [0.25, 0.3) is 0 Å². The summed E-state index contributed by atoms with van der Waals surface area (Å²) in [4.78, 5) is 27.8. The highest BCUT2D eigenvalue weighted by atomic mass is 16.1. The smallest absolute Gasteiger partial charge is 0.211 e. The molecule has 3 atom stereocenters. The fraction of sp³-hybridized carbons (Fsp3) is 0.375. The Bertz CT molecular complexity index is 538. The first-order chi connectivity index (χ1) is 9.62. The summed E-state index contributed by atoms with van der Waals surface area (Å²) >= 11 is 0. The lowest BCUT2D eigenvalue weighted by Crippen LogP contribution is -2.22. The van der Waals surface area contributed by atoms with E-state index in [0.29, 0.717) is 11.6 Å². The predicted molar refractivity (Wildman–Crippen MR) is 78.4 cm³/mol. The highest BCUT2D eigenvalue weighted by molar-refractivity contribution is 5.49. The zero-order chi connectivity index (χ0) is 15.0. The van der Waals surface area contributed by atoms with E-state index in [0.717, 1.165) is 12.0 Å². The maximum atomic E-state index is 10.4.